The fourth-order valence-corrected chi connectivity index (χ4v) is 2.65. The molecule has 106 valence electrons. The highest BCUT2D eigenvalue weighted by molar-refractivity contribution is 5.51. The largest absolute Gasteiger partial charge is 0.367 e. The number of nitrogens with zero attached hydrogens (tertiary/aromatic N) is 5. The number of rotatable bonds is 4. The third-order valence-corrected chi connectivity index (χ3v) is 3.66. The van der Waals surface area contributed by atoms with Gasteiger partial charge < -0.3 is 10.2 Å². The van der Waals surface area contributed by atoms with E-state index >= 15 is 0 Å². The summed E-state index contributed by atoms with van der Waals surface area (Å²) in [6.07, 6.45) is 5.60. The van der Waals surface area contributed by atoms with E-state index < -0.39 is 0 Å². The van der Waals surface area contributed by atoms with Crippen LogP contribution >= 0.6 is 0 Å². The number of nitrogens with one attached hydrogen (secondary N) is 1. The van der Waals surface area contributed by atoms with Gasteiger partial charge >= 0.3 is 0 Å². The molecule has 0 spiro atoms. The molecule has 1 atom stereocenters. The van der Waals surface area contributed by atoms with Crippen molar-refractivity contribution in [3.63, 3.8) is 0 Å². The molecular formula is C15H16N6. The fourth-order valence-electron chi connectivity index (χ4n) is 2.65. The maximum absolute atomic E-state index is 9.08. The lowest BCUT2D eigenvalue weighted by molar-refractivity contribution is 0.685. The average Bonchev–Trinajstić information content (AvgIpc) is 3.02. The first kappa shape index (κ1) is 13.3. The van der Waals surface area contributed by atoms with Gasteiger partial charge in [0.25, 0.3) is 0 Å². The maximum Gasteiger partial charge on any atom is 0.151 e. The summed E-state index contributed by atoms with van der Waals surface area (Å²) in [6, 6.07) is 9.91. The summed E-state index contributed by atoms with van der Waals surface area (Å²) in [6.45, 7) is 1.72. The topological polar surface area (TPSA) is 77.7 Å². The predicted octanol–water partition coefficient (Wildman–Crippen LogP) is 1.82. The third kappa shape index (κ3) is 2.92. The fraction of sp³-hybridized carbons (Fsp3) is 0.333. The zero-order chi connectivity index (χ0) is 14.5. The van der Waals surface area contributed by atoms with Crippen molar-refractivity contribution in [1.29, 1.82) is 5.26 Å². The van der Waals surface area contributed by atoms with E-state index in [1.54, 1.807) is 24.5 Å². The van der Waals surface area contributed by atoms with Crippen LogP contribution in [0.4, 0.5) is 11.6 Å². The first-order valence-electron chi connectivity index (χ1n) is 7.02. The van der Waals surface area contributed by atoms with Crippen LogP contribution in [-0.2, 0) is 0 Å². The highest BCUT2D eigenvalue weighted by Crippen LogP contribution is 2.23. The molecule has 0 aliphatic carbocycles. The minimum absolute atomic E-state index is 0.343. The summed E-state index contributed by atoms with van der Waals surface area (Å²) in [5.41, 5.74) is 0.571. The van der Waals surface area contributed by atoms with Crippen LogP contribution in [0.5, 0.6) is 0 Å². The molecule has 1 aliphatic heterocycles. The van der Waals surface area contributed by atoms with E-state index in [0.717, 1.165) is 31.7 Å². The Kier molecular flexibility index (Phi) is 3.92. The van der Waals surface area contributed by atoms with Crippen molar-refractivity contribution in [2.45, 2.75) is 18.9 Å². The molecule has 1 N–H and O–H groups in total. The van der Waals surface area contributed by atoms with Gasteiger partial charge in [-0.2, -0.15) is 10.4 Å². The van der Waals surface area contributed by atoms with Crippen molar-refractivity contribution in [1.82, 2.24) is 15.2 Å². The van der Waals surface area contributed by atoms with Gasteiger partial charge in [-0.05, 0) is 37.1 Å². The van der Waals surface area contributed by atoms with E-state index in [0.29, 0.717) is 17.4 Å². The van der Waals surface area contributed by atoms with Crippen LogP contribution in [0.1, 0.15) is 18.4 Å². The molecule has 2 aromatic rings. The Morgan fingerprint density at radius 1 is 1.33 bits per heavy atom. The van der Waals surface area contributed by atoms with Gasteiger partial charge in [0.2, 0.25) is 0 Å². The van der Waals surface area contributed by atoms with Gasteiger partial charge in [0.05, 0.1) is 5.56 Å². The second kappa shape index (κ2) is 6.18. The average molecular weight is 280 g/mol. The Morgan fingerprint density at radius 2 is 2.24 bits per heavy atom. The van der Waals surface area contributed by atoms with E-state index in [1.165, 1.54) is 0 Å². The molecule has 6 heteroatoms. The molecule has 1 unspecified atom stereocenters. The summed E-state index contributed by atoms with van der Waals surface area (Å²) in [7, 11) is 0. The smallest absolute Gasteiger partial charge is 0.151 e. The Labute approximate surface area is 123 Å². The van der Waals surface area contributed by atoms with Crippen molar-refractivity contribution in [2.24, 2.45) is 0 Å². The minimum atomic E-state index is 0.343. The molecule has 0 radical (unpaired) electrons. The molecule has 0 saturated carbocycles. The zero-order valence-electron chi connectivity index (χ0n) is 11.6. The second-order valence-corrected chi connectivity index (χ2v) is 4.96. The van der Waals surface area contributed by atoms with Crippen LogP contribution in [0.25, 0.3) is 0 Å². The molecule has 1 aliphatic rings. The van der Waals surface area contributed by atoms with Crippen molar-refractivity contribution in [2.75, 3.05) is 23.3 Å². The first-order chi connectivity index (χ1) is 10.4. The molecule has 1 fully saturated rings. The highest BCUT2D eigenvalue weighted by Gasteiger charge is 2.25. The molecule has 0 bridgehead atoms. The highest BCUT2D eigenvalue weighted by atomic mass is 15.3. The number of nitriles is 1. The monoisotopic (exact) mass is 280 g/mol. The Morgan fingerprint density at radius 3 is 3.05 bits per heavy atom. The lowest BCUT2D eigenvalue weighted by atomic mass is 10.2. The number of hydrogen-bond donors (Lipinski definition) is 1. The molecule has 3 rings (SSSR count). The number of pyridine rings is 1. The van der Waals surface area contributed by atoms with Crippen molar-refractivity contribution >= 4 is 11.6 Å². The van der Waals surface area contributed by atoms with Crippen LogP contribution in [0, 0.1) is 11.3 Å². The van der Waals surface area contributed by atoms with Crippen molar-refractivity contribution < 1.29 is 0 Å². The first-order valence-corrected chi connectivity index (χ1v) is 7.02. The Bertz CT molecular complexity index is 636. The second-order valence-electron chi connectivity index (χ2n) is 4.96. The molecule has 6 nitrogen and oxygen atoms in total. The molecular weight excluding hydrogens is 264 g/mol. The predicted molar refractivity (Wildman–Crippen MR) is 79.8 cm³/mol. The number of hydrogen-bond acceptors (Lipinski definition) is 6. The number of aromatic nitrogens is 3. The number of anilines is 2. The van der Waals surface area contributed by atoms with Gasteiger partial charge in [-0.3, -0.25) is 0 Å². The SMILES string of the molecule is N#Cc1cccnc1NCC1CCCN1c1cccnn1. The van der Waals surface area contributed by atoms with Crippen LogP contribution in [0.2, 0.25) is 0 Å². The van der Waals surface area contributed by atoms with Gasteiger partial charge in [0, 0.05) is 31.5 Å². The Hall–Kier alpha value is -2.68. The molecule has 0 amide bonds. The van der Waals surface area contributed by atoms with Gasteiger partial charge in [-0.1, -0.05) is 0 Å². The van der Waals surface area contributed by atoms with E-state index in [2.05, 4.69) is 31.5 Å². The molecule has 2 aromatic heterocycles. The summed E-state index contributed by atoms with van der Waals surface area (Å²) in [5, 5.41) is 20.5. The van der Waals surface area contributed by atoms with Gasteiger partial charge in [-0.15, -0.1) is 5.10 Å². The maximum atomic E-state index is 9.08. The van der Waals surface area contributed by atoms with Crippen LogP contribution in [-0.4, -0.2) is 34.3 Å². The van der Waals surface area contributed by atoms with Crippen LogP contribution in [0.3, 0.4) is 0 Å². The van der Waals surface area contributed by atoms with E-state index in [4.69, 9.17) is 5.26 Å². The van der Waals surface area contributed by atoms with E-state index in [9.17, 15) is 0 Å². The summed E-state index contributed by atoms with van der Waals surface area (Å²) >= 11 is 0. The van der Waals surface area contributed by atoms with Crippen molar-refractivity contribution in [3.8, 4) is 6.07 Å². The summed E-state index contributed by atoms with van der Waals surface area (Å²) < 4.78 is 0. The standard InChI is InChI=1S/C15H16N6/c16-10-12-4-1-7-17-15(12)18-11-13-5-3-9-21(13)14-6-2-8-19-20-14/h1-2,4,6-8,13H,3,5,9,11H2,(H,17,18). The molecule has 1 saturated heterocycles. The zero-order valence-corrected chi connectivity index (χ0v) is 11.6. The third-order valence-electron chi connectivity index (χ3n) is 3.66. The lowest BCUT2D eigenvalue weighted by Gasteiger charge is -2.25. The van der Waals surface area contributed by atoms with Gasteiger partial charge in [-0.25, -0.2) is 4.98 Å². The quantitative estimate of drug-likeness (QED) is 0.920. The molecule has 21 heavy (non-hydrogen) atoms. The van der Waals surface area contributed by atoms with Crippen LogP contribution in [0.15, 0.2) is 36.7 Å². The van der Waals surface area contributed by atoms with Crippen LogP contribution < -0.4 is 10.2 Å². The minimum Gasteiger partial charge on any atom is -0.367 e. The van der Waals surface area contributed by atoms with Crippen molar-refractivity contribution in [3.05, 3.63) is 42.2 Å². The van der Waals surface area contributed by atoms with E-state index in [-0.39, 0.29) is 0 Å². The Balaban J connectivity index is 1.69. The van der Waals surface area contributed by atoms with Gasteiger partial charge in [0.1, 0.15) is 11.9 Å². The van der Waals surface area contributed by atoms with Gasteiger partial charge in [0.15, 0.2) is 5.82 Å². The normalized spacial score (nSPS) is 17.5. The lowest BCUT2D eigenvalue weighted by Crippen LogP contribution is -2.35. The van der Waals surface area contributed by atoms with E-state index in [1.807, 2.05) is 12.1 Å². The summed E-state index contributed by atoms with van der Waals surface area (Å²) in [5.74, 6) is 1.55. The molecule has 3 heterocycles. The molecule has 0 aromatic carbocycles. The summed E-state index contributed by atoms with van der Waals surface area (Å²) in [4.78, 5) is 6.49.